The van der Waals surface area contributed by atoms with E-state index in [1.807, 2.05) is 13.0 Å². The number of hydrogen-bond acceptors (Lipinski definition) is 5. The maximum Gasteiger partial charge on any atom is 0.336 e. The molecule has 2 aromatic rings. The van der Waals surface area contributed by atoms with E-state index in [9.17, 15) is 9.90 Å². The molecule has 0 bridgehead atoms. The van der Waals surface area contributed by atoms with E-state index in [0.717, 1.165) is 36.0 Å². The van der Waals surface area contributed by atoms with Crippen LogP contribution in [0.25, 0.3) is 11.0 Å². The van der Waals surface area contributed by atoms with Crippen LogP contribution in [0.2, 0.25) is 0 Å². The van der Waals surface area contributed by atoms with E-state index in [2.05, 4.69) is 18.7 Å². The van der Waals surface area contributed by atoms with Gasteiger partial charge in [-0.15, -0.1) is 0 Å². The van der Waals surface area contributed by atoms with E-state index >= 15 is 0 Å². The van der Waals surface area contributed by atoms with Crippen molar-refractivity contribution in [1.82, 2.24) is 4.90 Å². The summed E-state index contributed by atoms with van der Waals surface area (Å²) < 4.78 is 11.0. The number of nitrogens with zero attached hydrogens (tertiary/aromatic N) is 1. The summed E-state index contributed by atoms with van der Waals surface area (Å²) in [4.78, 5) is 14.1. The predicted molar refractivity (Wildman–Crippen MR) is 88.8 cm³/mol. The molecule has 1 fully saturated rings. The Bertz CT molecular complexity index is 757. The first kappa shape index (κ1) is 16.0. The average Bonchev–Trinajstić information content (AvgIpc) is 2.45. The van der Waals surface area contributed by atoms with Gasteiger partial charge in [0.2, 0.25) is 0 Å². The fourth-order valence-corrected chi connectivity index (χ4v) is 3.38. The first-order chi connectivity index (χ1) is 11.0. The number of benzene rings is 1. The van der Waals surface area contributed by atoms with Gasteiger partial charge in [0.1, 0.15) is 11.3 Å². The lowest BCUT2D eigenvalue weighted by Gasteiger charge is -2.35. The largest absolute Gasteiger partial charge is 0.508 e. The van der Waals surface area contributed by atoms with Crippen LogP contribution in [-0.2, 0) is 17.7 Å². The Hall–Kier alpha value is -1.85. The number of morpholine rings is 1. The van der Waals surface area contributed by atoms with Gasteiger partial charge in [-0.25, -0.2) is 4.79 Å². The Morgan fingerprint density at radius 2 is 1.87 bits per heavy atom. The van der Waals surface area contributed by atoms with Gasteiger partial charge in [-0.1, -0.05) is 6.92 Å². The van der Waals surface area contributed by atoms with Crippen LogP contribution in [0.1, 0.15) is 31.9 Å². The Balaban J connectivity index is 2.00. The third kappa shape index (κ3) is 3.41. The molecule has 2 heterocycles. The van der Waals surface area contributed by atoms with Gasteiger partial charge in [0.15, 0.2) is 0 Å². The molecule has 1 aliphatic heterocycles. The second-order valence-corrected chi connectivity index (χ2v) is 6.37. The molecular formula is C18H23NO4. The zero-order valence-corrected chi connectivity index (χ0v) is 13.8. The molecule has 0 aliphatic carbocycles. The fourth-order valence-electron chi connectivity index (χ4n) is 3.38. The summed E-state index contributed by atoms with van der Waals surface area (Å²) in [5.74, 6) is 0.175. The van der Waals surface area contributed by atoms with Gasteiger partial charge < -0.3 is 14.3 Å². The predicted octanol–water partition coefficient (Wildman–Crippen LogP) is 2.67. The molecule has 124 valence electrons. The van der Waals surface area contributed by atoms with Crippen molar-refractivity contribution < 1.29 is 14.3 Å². The Labute approximate surface area is 135 Å². The first-order valence-electron chi connectivity index (χ1n) is 8.12. The second kappa shape index (κ2) is 6.34. The van der Waals surface area contributed by atoms with Gasteiger partial charge in [0.25, 0.3) is 0 Å². The molecule has 2 atom stereocenters. The number of phenols is 1. The van der Waals surface area contributed by atoms with E-state index < -0.39 is 0 Å². The third-order valence-electron chi connectivity index (χ3n) is 4.30. The van der Waals surface area contributed by atoms with Gasteiger partial charge >= 0.3 is 5.63 Å². The molecule has 5 nitrogen and oxygen atoms in total. The number of ether oxygens (including phenoxy) is 1. The van der Waals surface area contributed by atoms with Crippen molar-refractivity contribution in [3.05, 3.63) is 39.7 Å². The number of aryl methyl sites for hydroxylation is 1. The van der Waals surface area contributed by atoms with Crippen molar-refractivity contribution >= 4 is 11.0 Å². The molecular weight excluding hydrogens is 294 g/mol. The van der Waals surface area contributed by atoms with E-state index in [1.54, 1.807) is 12.1 Å². The summed E-state index contributed by atoms with van der Waals surface area (Å²) in [5.41, 5.74) is 1.85. The lowest BCUT2D eigenvalue weighted by Crippen LogP contribution is -2.44. The average molecular weight is 317 g/mol. The third-order valence-corrected chi connectivity index (χ3v) is 4.30. The number of phenolic OH excluding ortho intramolecular Hbond substituents is 1. The number of aromatic hydroxyl groups is 1. The molecule has 1 saturated heterocycles. The molecule has 0 radical (unpaired) electrons. The maximum absolute atomic E-state index is 11.8. The standard InChI is InChI=1S/C18H23NO4/c1-4-13-5-15-14(6-18(21)23-17(15)7-16(13)20)10-19-8-11(2)22-12(3)9-19/h5-7,11-12,20H,4,8-10H2,1-3H3/t11-,12+. The van der Waals surface area contributed by atoms with E-state index in [4.69, 9.17) is 9.15 Å². The number of rotatable bonds is 3. The number of hydrogen-bond donors (Lipinski definition) is 1. The van der Waals surface area contributed by atoms with Gasteiger partial charge in [0, 0.05) is 37.2 Å². The highest BCUT2D eigenvalue weighted by molar-refractivity contribution is 5.82. The maximum atomic E-state index is 11.8. The van der Waals surface area contributed by atoms with Crippen LogP contribution in [0, 0.1) is 0 Å². The first-order valence-corrected chi connectivity index (χ1v) is 8.12. The van der Waals surface area contributed by atoms with Crippen LogP contribution in [-0.4, -0.2) is 35.3 Å². The quantitative estimate of drug-likeness (QED) is 0.882. The fraction of sp³-hybridized carbons (Fsp3) is 0.500. The van der Waals surface area contributed by atoms with Crippen molar-refractivity contribution in [2.75, 3.05) is 13.1 Å². The Morgan fingerprint density at radius 3 is 2.52 bits per heavy atom. The van der Waals surface area contributed by atoms with E-state index in [1.165, 1.54) is 0 Å². The summed E-state index contributed by atoms with van der Waals surface area (Å²) in [5, 5.41) is 10.9. The summed E-state index contributed by atoms with van der Waals surface area (Å²) in [6, 6.07) is 5.03. The Kier molecular flexibility index (Phi) is 4.41. The Morgan fingerprint density at radius 1 is 1.17 bits per heavy atom. The number of fused-ring (bicyclic) bond motifs is 1. The lowest BCUT2D eigenvalue weighted by molar-refractivity contribution is -0.0704. The van der Waals surface area contributed by atoms with Crippen LogP contribution in [0.4, 0.5) is 0 Å². The molecule has 0 saturated carbocycles. The van der Waals surface area contributed by atoms with Crippen molar-refractivity contribution in [3.8, 4) is 5.75 Å². The molecule has 23 heavy (non-hydrogen) atoms. The van der Waals surface area contributed by atoms with Gasteiger partial charge in [-0.05, 0) is 37.5 Å². The van der Waals surface area contributed by atoms with Crippen molar-refractivity contribution in [2.24, 2.45) is 0 Å². The lowest BCUT2D eigenvalue weighted by atomic mass is 10.0. The molecule has 0 spiro atoms. The molecule has 1 aromatic heterocycles. The monoisotopic (exact) mass is 317 g/mol. The molecule has 0 unspecified atom stereocenters. The van der Waals surface area contributed by atoms with Crippen LogP contribution in [0.3, 0.4) is 0 Å². The van der Waals surface area contributed by atoms with Crippen molar-refractivity contribution in [2.45, 2.75) is 45.9 Å². The van der Waals surface area contributed by atoms with Crippen LogP contribution >= 0.6 is 0 Å². The minimum atomic E-state index is -0.384. The highest BCUT2D eigenvalue weighted by Crippen LogP contribution is 2.28. The molecule has 1 N–H and O–H groups in total. The molecule has 1 aliphatic rings. The van der Waals surface area contributed by atoms with Crippen molar-refractivity contribution in [1.29, 1.82) is 0 Å². The zero-order chi connectivity index (χ0) is 16.6. The summed E-state index contributed by atoms with van der Waals surface area (Å²) in [6.07, 6.45) is 1.09. The second-order valence-electron chi connectivity index (χ2n) is 6.37. The van der Waals surface area contributed by atoms with Crippen LogP contribution in [0.15, 0.2) is 27.4 Å². The molecule has 0 amide bonds. The van der Waals surface area contributed by atoms with Gasteiger partial charge in [-0.3, -0.25) is 4.90 Å². The summed E-state index contributed by atoms with van der Waals surface area (Å²) in [6.45, 7) is 8.47. The zero-order valence-electron chi connectivity index (χ0n) is 13.8. The van der Waals surface area contributed by atoms with Gasteiger partial charge in [0.05, 0.1) is 12.2 Å². The normalized spacial score (nSPS) is 22.6. The van der Waals surface area contributed by atoms with E-state index in [-0.39, 0.29) is 23.6 Å². The smallest absolute Gasteiger partial charge is 0.336 e. The molecule has 3 rings (SSSR count). The summed E-state index contributed by atoms with van der Waals surface area (Å²) in [7, 11) is 0. The minimum Gasteiger partial charge on any atom is -0.508 e. The van der Waals surface area contributed by atoms with Crippen LogP contribution in [0.5, 0.6) is 5.75 Å². The van der Waals surface area contributed by atoms with Crippen molar-refractivity contribution in [3.63, 3.8) is 0 Å². The highest BCUT2D eigenvalue weighted by Gasteiger charge is 2.23. The highest BCUT2D eigenvalue weighted by atomic mass is 16.5. The van der Waals surface area contributed by atoms with E-state index in [0.29, 0.717) is 12.1 Å². The topological polar surface area (TPSA) is 62.9 Å². The van der Waals surface area contributed by atoms with Gasteiger partial charge in [-0.2, -0.15) is 0 Å². The summed E-state index contributed by atoms with van der Waals surface area (Å²) >= 11 is 0. The molecule has 1 aromatic carbocycles. The SMILES string of the molecule is CCc1cc2c(CN3C[C@@H](C)O[C@@H](C)C3)cc(=O)oc2cc1O. The minimum absolute atomic E-state index is 0.175. The molecule has 5 heteroatoms. The van der Waals surface area contributed by atoms with Crippen LogP contribution < -0.4 is 5.63 Å².